The molecule has 1 fully saturated rings. The maximum atomic E-state index is 12.1. The number of amides is 2. The third kappa shape index (κ3) is 3.31. The van der Waals surface area contributed by atoms with E-state index in [-0.39, 0.29) is 13.0 Å². The number of hydrogen-bond acceptors (Lipinski definition) is 3. The number of hydrogen-bond donors (Lipinski definition) is 3. The van der Waals surface area contributed by atoms with Crippen molar-refractivity contribution in [1.82, 2.24) is 4.90 Å². The molecule has 6 nitrogen and oxygen atoms in total. The highest BCUT2D eigenvalue weighted by molar-refractivity contribution is 9.11. The van der Waals surface area contributed by atoms with E-state index in [1.807, 2.05) is 0 Å². The van der Waals surface area contributed by atoms with Gasteiger partial charge in [-0.1, -0.05) is 15.9 Å². The standard InChI is InChI=1S/C12H12Br2N2O4/c13-6-1-2-9(8(14)3-6)15-12(20)16-5-7(17)4-10(16)11(18)19/h1-3,7,10,17H,4-5H2,(H,15,20)(H,18,19)/t7-,10+/m1/s1. The van der Waals surface area contributed by atoms with E-state index in [9.17, 15) is 14.7 Å². The first-order chi connectivity index (χ1) is 9.38. The maximum absolute atomic E-state index is 12.1. The topological polar surface area (TPSA) is 89.9 Å². The number of aliphatic carboxylic acids is 1. The van der Waals surface area contributed by atoms with Gasteiger partial charge in [0.25, 0.3) is 0 Å². The summed E-state index contributed by atoms with van der Waals surface area (Å²) >= 11 is 6.61. The number of carboxylic acids is 1. The largest absolute Gasteiger partial charge is 0.480 e. The molecule has 0 aromatic heterocycles. The van der Waals surface area contributed by atoms with Gasteiger partial charge < -0.3 is 20.4 Å². The van der Waals surface area contributed by atoms with Crippen LogP contribution in [0.3, 0.4) is 0 Å². The van der Waals surface area contributed by atoms with Crippen molar-refractivity contribution in [1.29, 1.82) is 0 Å². The molecular weight excluding hydrogens is 396 g/mol. The van der Waals surface area contributed by atoms with Gasteiger partial charge in [-0.3, -0.25) is 0 Å². The Hall–Kier alpha value is -1.12. The van der Waals surface area contributed by atoms with Crippen LogP contribution in [0.5, 0.6) is 0 Å². The third-order valence-corrected chi connectivity index (χ3v) is 4.15. The number of urea groups is 1. The Bertz CT molecular complexity index is 552. The number of carbonyl (C=O) groups is 2. The molecule has 2 rings (SSSR count). The minimum Gasteiger partial charge on any atom is -0.480 e. The van der Waals surface area contributed by atoms with Gasteiger partial charge in [0.15, 0.2) is 0 Å². The van der Waals surface area contributed by atoms with Crippen molar-refractivity contribution in [2.45, 2.75) is 18.6 Å². The summed E-state index contributed by atoms with van der Waals surface area (Å²) in [4.78, 5) is 24.3. The molecule has 0 aliphatic carbocycles. The highest BCUT2D eigenvalue weighted by atomic mass is 79.9. The van der Waals surface area contributed by atoms with Gasteiger partial charge in [-0.05, 0) is 34.1 Å². The van der Waals surface area contributed by atoms with Gasteiger partial charge >= 0.3 is 12.0 Å². The zero-order chi connectivity index (χ0) is 14.9. The van der Waals surface area contributed by atoms with Gasteiger partial charge in [0, 0.05) is 21.9 Å². The summed E-state index contributed by atoms with van der Waals surface area (Å²) in [6.07, 6.45) is -0.764. The zero-order valence-corrected chi connectivity index (χ0v) is 13.4. The van der Waals surface area contributed by atoms with Gasteiger partial charge in [0.05, 0.1) is 11.8 Å². The number of likely N-dealkylation sites (tertiary alicyclic amines) is 1. The number of benzene rings is 1. The van der Waals surface area contributed by atoms with Gasteiger partial charge in [-0.25, -0.2) is 9.59 Å². The lowest BCUT2D eigenvalue weighted by molar-refractivity contribution is -0.141. The number of halogens is 2. The van der Waals surface area contributed by atoms with Crippen molar-refractivity contribution < 1.29 is 19.8 Å². The lowest BCUT2D eigenvalue weighted by atomic mass is 10.2. The number of β-amino-alcohol motifs (C(OH)–C–C–N with tert-alkyl or cyclic N) is 1. The SMILES string of the molecule is O=C(O)[C@@H]1C[C@@H](O)CN1C(=O)Nc1ccc(Br)cc1Br. The summed E-state index contributed by atoms with van der Waals surface area (Å²) in [7, 11) is 0. The van der Waals surface area contributed by atoms with Crippen LogP contribution in [0.15, 0.2) is 27.1 Å². The maximum Gasteiger partial charge on any atom is 0.326 e. The van der Waals surface area contributed by atoms with Crippen molar-refractivity contribution in [2.24, 2.45) is 0 Å². The molecule has 3 N–H and O–H groups in total. The van der Waals surface area contributed by atoms with Gasteiger partial charge in [0.1, 0.15) is 6.04 Å². The fraction of sp³-hybridized carbons (Fsp3) is 0.333. The molecular formula is C12H12Br2N2O4. The predicted molar refractivity (Wildman–Crippen MR) is 79.6 cm³/mol. The van der Waals surface area contributed by atoms with Gasteiger partial charge in [0.2, 0.25) is 0 Å². The Morgan fingerprint density at radius 1 is 1.35 bits per heavy atom. The molecule has 1 aliphatic rings. The van der Waals surface area contributed by atoms with Crippen LogP contribution in [0, 0.1) is 0 Å². The quantitative estimate of drug-likeness (QED) is 0.701. The molecule has 1 aromatic carbocycles. The summed E-state index contributed by atoms with van der Waals surface area (Å²) in [5.41, 5.74) is 0.531. The van der Waals surface area contributed by atoms with Crippen molar-refractivity contribution in [3.8, 4) is 0 Å². The first-order valence-corrected chi connectivity index (χ1v) is 7.40. The molecule has 1 heterocycles. The molecule has 2 amide bonds. The number of rotatable bonds is 2. The molecule has 1 saturated heterocycles. The van der Waals surface area contributed by atoms with E-state index in [4.69, 9.17) is 5.11 Å². The minimum absolute atomic E-state index is 0.0109. The zero-order valence-electron chi connectivity index (χ0n) is 10.2. The Kier molecular flexibility index (Phi) is 4.66. The van der Waals surface area contributed by atoms with Crippen LogP contribution in [-0.2, 0) is 4.79 Å². The molecule has 108 valence electrons. The Balaban J connectivity index is 2.13. The summed E-state index contributed by atoms with van der Waals surface area (Å²) < 4.78 is 1.52. The Morgan fingerprint density at radius 2 is 2.05 bits per heavy atom. The fourth-order valence-corrected chi connectivity index (χ4v) is 3.20. The molecule has 8 heteroatoms. The molecule has 0 unspecified atom stereocenters. The van der Waals surface area contributed by atoms with E-state index in [0.717, 1.165) is 9.37 Å². The summed E-state index contributed by atoms with van der Waals surface area (Å²) in [5, 5.41) is 21.2. The molecule has 0 bridgehead atoms. The van der Waals surface area contributed by atoms with Gasteiger partial charge in [-0.15, -0.1) is 0 Å². The van der Waals surface area contributed by atoms with Crippen LogP contribution in [0.25, 0.3) is 0 Å². The van der Waals surface area contributed by atoms with E-state index < -0.39 is 24.1 Å². The van der Waals surface area contributed by atoms with E-state index >= 15 is 0 Å². The predicted octanol–water partition coefficient (Wildman–Crippen LogP) is 2.26. The van der Waals surface area contributed by atoms with Crippen molar-refractivity contribution >= 4 is 49.5 Å². The summed E-state index contributed by atoms with van der Waals surface area (Å²) in [6.45, 7) is 0.0109. The van der Waals surface area contributed by atoms with E-state index in [1.165, 1.54) is 0 Å². The van der Waals surface area contributed by atoms with E-state index in [0.29, 0.717) is 10.2 Å². The van der Waals surface area contributed by atoms with E-state index in [1.54, 1.807) is 18.2 Å². The molecule has 0 spiro atoms. The van der Waals surface area contributed by atoms with Crippen molar-refractivity contribution in [3.05, 3.63) is 27.1 Å². The second kappa shape index (κ2) is 6.11. The third-order valence-electron chi connectivity index (χ3n) is 3.00. The first kappa shape index (κ1) is 15.3. The van der Waals surface area contributed by atoms with Crippen LogP contribution < -0.4 is 5.32 Å². The minimum atomic E-state index is -1.12. The molecule has 0 radical (unpaired) electrons. The highest BCUT2D eigenvalue weighted by Gasteiger charge is 2.39. The summed E-state index contributed by atoms with van der Waals surface area (Å²) in [5.74, 6) is -1.12. The number of carbonyl (C=O) groups excluding carboxylic acids is 1. The number of nitrogens with zero attached hydrogens (tertiary/aromatic N) is 1. The van der Waals surface area contributed by atoms with Crippen LogP contribution in [0.1, 0.15) is 6.42 Å². The van der Waals surface area contributed by atoms with Crippen molar-refractivity contribution in [2.75, 3.05) is 11.9 Å². The normalized spacial score (nSPS) is 21.9. The molecule has 0 saturated carbocycles. The number of aliphatic hydroxyl groups is 1. The smallest absolute Gasteiger partial charge is 0.326 e. The average molecular weight is 408 g/mol. The summed E-state index contributed by atoms with van der Waals surface area (Å²) in [6, 6.07) is 3.67. The lowest BCUT2D eigenvalue weighted by Crippen LogP contribution is -2.43. The van der Waals surface area contributed by atoms with Crippen LogP contribution in [0.2, 0.25) is 0 Å². The van der Waals surface area contributed by atoms with Crippen LogP contribution >= 0.6 is 31.9 Å². The number of nitrogens with one attached hydrogen (secondary N) is 1. The number of aliphatic hydroxyl groups excluding tert-OH is 1. The second-order valence-corrected chi connectivity index (χ2v) is 6.22. The first-order valence-electron chi connectivity index (χ1n) is 5.82. The monoisotopic (exact) mass is 406 g/mol. The number of carboxylic acid groups (broad SMARTS) is 1. The van der Waals surface area contributed by atoms with Crippen molar-refractivity contribution in [3.63, 3.8) is 0 Å². The van der Waals surface area contributed by atoms with Gasteiger partial charge in [-0.2, -0.15) is 0 Å². The Labute approximate surface area is 132 Å². The number of anilines is 1. The second-order valence-electron chi connectivity index (χ2n) is 4.45. The Morgan fingerprint density at radius 3 is 2.65 bits per heavy atom. The van der Waals surface area contributed by atoms with Crippen LogP contribution in [0.4, 0.5) is 10.5 Å². The van der Waals surface area contributed by atoms with E-state index in [2.05, 4.69) is 37.2 Å². The fourth-order valence-electron chi connectivity index (χ4n) is 2.05. The molecule has 20 heavy (non-hydrogen) atoms. The molecule has 1 aliphatic heterocycles. The van der Waals surface area contributed by atoms with Crippen LogP contribution in [-0.4, -0.2) is 45.8 Å². The lowest BCUT2D eigenvalue weighted by Gasteiger charge is -2.22. The highest BCUT2D eigenvalue weighted by Crippen LogP contribution is 2.27. The molecule has 1 aromatic rings. The molecule has 2 atom stereocenters. The average Bonchev–Trinajstić information content (AvgIpc) is 2.75.